The van der Waals surface area contributed by atoms with Crippen LogP contribution in [0.4, 0.5) is 0 Å². The molecule has 2 nitrogen and oxygen atoms in total. The van der Waals surface area contributed by atoms with E-state index in [1.54, 1.807) is 0 Å². The Morgan fingerprint density at radius 3 is 0.931 bits per heavy atom. The van der Waals surface area contributed by atoms with Crippen molar-refractivity contribution in [3.05, 3.63) is 316 Å². The summed E-state index contributed by atoms with van der Waals surface area (Å²) in [6, 6.07) is 99.9. The van der Waals surface area contributed by atoms with Gasteiger partial charge in [-0.15, -0.1) is 0 Å². The van der Waals surface area contributed by atoms with E-state index in [0.717, 1.165) is 9.94 Å². The molecule has 1 heterocycles. The zero-order valence-corrected chi connectivity index (χ0v) is 61.8. The fourth-order valence-corrected chi connectivity index (χ4v) is 18.9. The van der Waals surface area contributed by atoms with E-state index < -0.39 is 0 Å². The van der Waals surface area contributed by atoms with Gasteiger partial charge in [-0.3, -0.25) is 0 Å². The monoisotopic (exact) mass is 1380 g/mol. The number of fused-ring (bicyclic) bond motifs is 26. The van der Waals surface area contributed by atoms with Gasteiger partial charge >= 0.3 is 7.12 Å². The van der Waals surface area contributed by atoms with E-state index in [9.17, 15) is 0 Å². The molecule has 0 N–H and O–H groups in total. The zero-order chi connectivity index (χ0) is 69.9. The highest BCUT2D eigenvalue weighted by Gasteiger charge is 2.53. The number of hydrogen-bond acceptors (Lipinski definition) is 2. The Morgan fingerprint density at radius 2 is 0.510 bits per heavy atom. The van der Waals surface area contributed by atoms with E-state index >= 15 is 0 Å². The van der Waals surface area contributed by atoms with Crippen molar-refractivity contribution in [2.45, 2.75) is 116 Å². The average molecular weight is 1380 g/mol. The van der Waals surface area contributed by atoms with Gasteiger partial charge in [0.25, 0.3) is 0 Å². The Labute approximate surface area is 607 Å². The minimum Gasteiger partial charge on any atom is -0.399 e. The Kier molecular flexibility index (Phi) is 13.6. The molecule has 0 radical (unpaired) electrons. The molecule has 4 aliphatic carbocycles. The first-order valence-electron chi connectivity index (χ1n) is 36.4. The summed E-state index contributed by atoms with van der Waals surface area (Å²) in [7, 11) is -0.366. The third-order valence-corrected chi connectivity index (χ3v) is 25.5. The van der Waals surface area contributed by atoms with Crippen molar-refractivity contribution in [2.75, 3.05) is 0 Å². The fourth-order valence-electron chi connectivity index (χ4n) is 18.6. The maximum absolute atomic E-state index is 6.46. The Hall–Kier alpha value is -9.94. The van der Waals surface area contributed by atoms with Gasteiger partial charge in [0.1, 0.15) is 0 Å². The standard InChI is InChI=1S/C46H34.C42H39BO2.C10H7Br/c1-45(2)41-22-30(29-18-17-27-11-5-6-12-28(27)21-29)19-20-35(41)39-25-44-40(26-43(39)45)38-23-36-33-15-9-7-13-31(33)32-14-8-10-16-34(32)37(36)24-42(38)46(44,3)4;1-39(2)35-19-24(43-44-41(5,6)42(7,8)45-43)17-18-29(35)33-22-38-34(23-37(33)39)32-20-30-27-15-11-9-13-25(27)26-14-10-12-16-28(26)31(30)21-36(32)40(38,3)4;11-10-6-5-8-3-1-2-4-9(8)7-10/h5-26H,1-4H3;9-23H,1-8H3;1-7H. The maximum atomic E-state index is 6.46. The smallest absolute Gasteiger partial charge is 0.399 e. The van der Waals surface area contributed by atoms with E-state index in [4.69, 9.17) is 9.31 Å². The lowest BCUT2D eigenvalue weighted by Gasteiger charge is -2.32. The zero-order valence-electron chi connectivity index (χ0n) is 60.2. The lowest BCUT2D eigenvalue weighted by Crippen LogP contribution is -2.41. The SMILES string of the molecule is Brc1ccc2ccccc2c1.CC1(C)c2cc(-c3ccc4ccccc4c3)ccc2-c2cc3c(cc21)-c1cc2c4ccccc4c4ccccc4c2cc1C3(C)C.CC1(C)c2cc(B3OC(C)(C)C(C)(C)O3)ccc2-c2cc3c(cc21)-c1cc2c4ccccc4c4ccccc4c2cc1C3(C)C. The van der Waals surface area contributed by atoms with Gasteiger partial charge in [-0.25, -0.2) is 0 Å². The van der Waals surface area contributed by atoms with Crippen LogP contribution >= 0.6 is 15.9 Å². The van der Waals surface area contributed by atoms with Crippen molar-refractivity contribution in [1.82, 2.24) is 0 Å². The maximum Gasteiger partial charge on any atom is 0.494 e. The third kappa shape index (κ3) is 9.17. The van der Waals surface area contributed by atoms with Crippen LogP contribution in [0.5, 0.6) is 0 Å². The molecule has 21 rings (SSSR count). The second-order valence-electron chi connectivity index (χ2n) is 32.7. The van der Waals surface area contributed by atoms with Gasteiger partial charge in [0.2, 0.25) is 0 Å². The van der Waals surface area contributed by atoms with Gasteiger partial charge in [0.05, 0.1) is 11.2 Å². The van der Waals surface area contributed by atoms with E-state index in [2.05, 4.69) is 366 Å². The second-order valence-corrected chi connectivity index (χ2v) is 33.6. The van der Waals surface area contributed by atoms with E-state index in [1.165, 1.54) is 186 Å². The molecule has 1 aliphatic heterocycles. The van der Waals surface area contributed by atoms with Gasteiger partial charge in [-0.1, -0.05) is 265 Å². The van der Waals surface area contributed by atoms with Crippen molar-refractivity contribution in [3.8, 4) is 55.6 Å². The van der Waals surface area contributed by atoms with Gasteiger partial charge in [-0.2, -0.15) is 0 Å². The van der Waals surface area contributed by atoms with E-state index in [-0.39, 0.29) is 40.0 Å². The molecule has 0 amide bonds. The van der Waals surface area contributed by atoms with Crippen LogP contribution in [-0.4, -0.2) is 18.3 Å². The van der Waals surface area contributed by atoms with Gasteiger partial charge in [0.15, 0.2) is 0 Å². The Balaban J connectivity index is 0.000000123. The second kappa shape index (κ2) is 22.0. The summed E-state index contributed by atoms with van der Waals surface area (Å²) in [6.45, 7) is 27.7. The van der Waals surface area contributed by atoms with Crippen LogP contribution in [0.3, 0.4) is 0 Å². The molecule has 16 aromatic carbocycles. The first-order chi connectivity index (χ1) is 49.0. The van der Waals surface area contributed by atoms with Crippen LogP contribution in [0.25, 0.3) is 142 Å². The molecule has 0 spiro atoms. The molecule has 494 valence electrons. The van der Waals surface area contributed by atoms with Gasteiger partial charge < -0.3 is 9.31 Å². The molecule has 5 aliphatic rings. The van der Waals surface area contributed by atoms with Crippen LogP contribution < -0.4 is 5.46 Å². The minimum absolute atomic E-state index is 0.0980. The summed E-state index contributed by atoms with van der Waals surface area (Å²) >= 11 is 3.43. The molecule has 1 fully saturated rings. The molecule has 16 aromatic rings. The molecule has 0 saturated carbocycles. The van der Waals surface area contributed by atoms with Crippen molar-refractivity contribution >= 4 is 115 Å². The molecule has 1 saturated heterocycles. The number of halogens is 1. The van der Waals surface area contributed by atoms with Gasteiger partial charge in [0, 0.05) is 26.1 Å². The Bertz CT molecular complexity index is 6340. The highest BCUT2D eigenvalue weighted by atomic mass is 79.9. The van der Waals surface area contributed by atoms with Crippen LogP contribution in [0, 0.1) is 0 Å². The molecular weight excluding hydrogens is 1300 g/mol. The molecule has 0 bridgehead atoms. The topological polar surface area (TPSA) is 18.5 Å². The van der Waals surface area contributed by atoms with Crippen molar-refractivity contribution in [3.63, 3.8) is 0 Å². The third-order valence-electron chi connectivity index (χ3n) is 25.0. The molecule has 4 heteroatoms. The summed E-state index contributed by atoms with van der Waals surface area (Å²) in [5, 5.41) is 21.2. The largest absolute Gasteiger partial charge is 0.494 e. The summed E-state index contributed by atoms with van der Waals surface area (Å²) in [4.78, 5) is 0. The number of rotatable bonds is 2. The normalized spacial score (nSPS) is 16.7. The van der Waals surface area contributed by atoms with Crippen molar-refractivity contribution in [2.24, 2.45) is 0 Å². The lowest BCUT2D eigenvalue weighted by molar-refractivity contribution is 0.00578. The first kappa shape index (κ1) is 63.0. The quantitative estimate of drug-likeness (QED) is 0.127. The summed E-state index contributed by atoms with van der Waals surface area (Å²) in [6.07, 6.45) is 0. The molecule has 0 aromatic heterocycles. The first-order valence-corrected chi connectivity index (χ1v) is 37.2. The molecule has 0 atom stereocenters. The highest BCUT2D eigenvalue weighted by Crippen LogP contribution is 2.60. The van der Waals surface area contributed by atoms with E-state index in [1.807, 2.05) is 0 Å². The van der Waals surface area contributed by atoms with Crippen LogP contribution in [0.15, 0.2) is 271 Å². The van der Waals surface area contributed by atoms with Crippen molar-refractivity contribution in [1.29, 1.82) is 0 Å². The minimum atomic E-state index is -0.366. The van der Waals surface area contributed by atoms with Gasteiger partial charge in [-0.05, 0) is 292 Å². The van der Waals surface area contributed by atoms with Crippen LogP contribution in [0.2, 0.25) is 0 Å². The predicted molar refractivity (Wildman–Crippen MR) is 438 cm³/mol. The molecule has 0 unspecified atom stereocenters. The number of hydrogen-bond donors (Lipinski definition) is 0. The van der Waals surface area contributed by atoms with Crippen molar-refractivity contribution < 1.29 is 9.31 Å². The summed E-state index contributed by atoms with van der Waals surface area (Å²) < 4.78 is 14.0. The lowest BCUT2D eigenvalue weighted by atomic mass is 9.74. The van der Waals surface area contributed by atoms with Crippen LogP contribution in [0.1, 0.15) is 128 Å². The predicted octanol–water partition coefficient (Wildman–Crippen LogP) is 26.2. The summed E-state index contributed by atoms with van der Waals surface area (Å²) in [5.74, 6) is 0. The fraction of sp³-hybridized carbons (Fsp3) is 0.184. The molecular formula is C98H80BBrO2. The number of benzene rings is 16. The summed E-state index contributed by atoms with van der Waals surface area (Å²) in [5.41, 5.74) is 24.8. The van der Waals surface area contributed by atoms with E-state index in [0.29, 0.717) is 0 Å². The van der Waals surface area contributed by atoms with Crippen LogP contribution in [-0.2, 0) is 31.0 Å². The highest BCUT2D eigenvalue weighted by molar-refractivity contribution is 9.10. The Morgan fingerprint density at radius 1 is 0.225 bits per heavy atom. The molecule has 102 heavy (non-hydrogen) atoms. The average Bonchev–Trinajstić information content (AvgIpc) is 1.52.